The van der Waals surface area contributed by atoms with Crippen LogP contribution < -0.4 is 19.9 Å². The highest BCUT2D eigenvalue weighted by Crippen LogP contribution is 2.53. The zero-order chi connectivity index (χ0) is 29.1. The van der Waals surface area contributed by atoms with E-state index in [9.17, 15) is 24.3 Å². The number of carbonyl (C=O) groups excluding carboxylic acids is 4. The summed E-state index contributed by atoms with van der Waals surface area (Å²) < 4.78 is 16.9. The number of benzene rings is 2. The Bertz CT molecular complexity index is 1340. The Kier molecular flexibility index (Phi) is 8.56. The predicted molar refractivity (Wildman–Crippen MR) is 143 cm³/mol. The Labute approximate surface area is 226 Å². The Balaban J connectivity index is 2.31. The molecule has 3 N–H and O–H groups in total. The summed E-state index contributed by atoms with van der Waals surface area (Å²) in [6.07, 6.45) is 3.18. The second-order valence-electron chi connectivity index (χ2n) is 9.59. The van der Waals surface area contributed by atoms with Crippen LogP contribution in [0, 0.1) is 11.8 Å². The van der Waals surface area contributed by atoms with Crippen LogP contribution in [-0.2, 0) is 24.8 Å². The van der Waals surface area contributed by atoms with Crippen LogP contribution in [-0.4, -0.2) is 29.2 Å². The van der Waals surface area contributed by atoms with E-state index >= 15 is 0 Å². The summed E-state index contributed by atoms with van der Waals surface area (Å²) in [6, 6.07) is 8.76. The van der Waals surface area contributed by atoms with Gasteiger partial charge in [0.25, 0.3) is 0 Å². The lowest BCUT2D eigenvalue weighted by molar-refractivity contribution is -0.138. The molecule has 0 saturated carbocycles. The molecule has 0 bridgehead atoms. The van der Waals surface area contributed by atoms with Crippen molar-refractivity contribution in [3.8, 4) is 23.0 Å². The molecule has 0 aliphatic carbocycles. The van der Waals surface area contributed by atoms with Crippen molar-refractivity contribution in [3.05, 3.63) is 83.0 Å². The van der Waals surface area contributed by atoms with E-state index < -0.39 is 35.3 Å². The number of ether oxygens (including phenoxy) is 3. The molecule has 1 amide bonds. The van der Waals surface area contributed by atoms with Crippen LogP contribution >= 0.6 is 0 Å². The van der Waals surface area contributed by atoms with Gasteiger partial charge in [-0.3, -0.25) is 19.2 Å². The van der Waals surface area contributed by atoms with E-state index in [1.807, 2.05) is 0 Å². The van der Waals surface area contributed by atoms with Crippen LogP contribution in [0.5, 0.6) is 23.0 Å². The molecule has 9 heteroatoms. The molecule has 39 heavy (non-hydrogen) atoms. The predicted octanol–water partition coefficient (Wildman–Crippen LogP) is 4.26. The van der Waals surface area contributed by atoms with Crippen LogP contribution in [0.2, 0.25) is 0 Å². The average Bonchev–Trinajstić information content (AvgIpc) is 2.88. The van der Waals surface area contributed by atoms with E-state index in [2.05, 4.69) is 6.58 Å². The maximum atomic E-state index is 12.4. The van der Waals surface area contributed by atoms with Crippen molar-refractivity contribution in [2.75, 3.05) is 0 Å². The highest BCUT2D eigenvalue weighted by Gasteiger charge is 2.45. The molecule has 1 heterocycles. The van der Waals surface area contributed by atoms with Gasteiger partial charge in [0.15, 0.2) is 0 Å². The minimum Gasteiger partial charge on any atom is -0.456 e. The molecule has 0 fully saturated rings. The van der Waals surface area contributed by atoms with Crippen molar-refractivity contribution in [2.45, 2.75) is 40.2 Å². The molecule has 0 aromatic heterocycles. The van der Waals surface area contributed by atoms with Crippen LogP contribution in [0.1, 0.15) is 45.7 Å². The third-order valence-electron chi connectivity index (χ3n) is 6.06. The number of hydrogen-bond acceptors (Lipinski definition) is 8. The lowest BCUT2D eigenvalue weighted by Crippen LogP contribution is -2.35. The van der Waals surface area contributed by atoms with E-state index in [1.165, 1.54) is 48.6 Å². The van der Waals surface area contributed by atoms with E-state index in [-0.39, 0.29) is 50.8 Å². The van der Waals surface area contributed by atoms with Gasteiger partial charge in [0.2, 0.25) is 5.91 Å². The Morgan fingerprint density at radius 3 is 1.77 bits per heavy atom. The van der Waals surface area contributed by atoms with Gasteiger partial charge in [-0.1, -0.05) is 40.3 Å². The molecular weight excluding hydrogens is 502 g/mol. The maximum Gasteiger partial charge on any atom is 0.313 e. The second kappa shape index (κ2) is 11.5. The summed E-state index contributed by atoms with van der Waals surface area (Å²) in [4.78, 5) is 48.4. The third-order valence-corrected chi connectivity index (χ3v) is 6.06. The third kappa shape index (κ3) is 5.83. The standard InChI is InChI=1S/C30H31NO8/c1-7-19(27(31)33)12-24(18(6)15-32)30(36)22-10-8-20(37-28(34)16(2)3)13-25(22)39-26-14-21(9-11-23(26)30)38-29(35)17(4)5/h7-17,36H,6H2,1-5H3,(H2,31,33)/b19-7+,24-12+. The van der Waals surface area contributed by atoms with Crippen molar-refractivity contribution in [3.63, 3.8) is 0 Å². The Morgan fingerprint density at radius 1 is 0.949 bits per heavy atom. The van der Waals surface area contributed by atoms with E-state index in [1.54, 1.807) is 34.6 Å². The van der Waals surface area contributed by atoms with Gasteiger partial charge in [-0.2, -0.15) is 0 Å². The minimum atomic E-state index is -2.08. The van der Waals surface area contributed by atoms with Gasteiger partial charge in [-0.15, -0.1) is 0 Å². The van der Waals surface area contributed by atoms with E-state index in [4.69, 9.17) is 19.9 Å². The molecule has 2 aromatic carbocycles. The monoisotopic (exact) mass is 533 g/mol. The number of fused-ring (bicyclic) bond motifs is 2. The molecule has 3 rings (SSSR count). The molecular formula is C30H31NO8. The fourth-order valence-corrected chi connectivity index (χ4v) is 3.87. The summed E-state index contributed by atoms with van der Waals surface area (Å²) in [5, 5.41) is 12.4. The van der Waals surface area contributed by atoms with Crippen molar-refractivity contribution in [1.82, 2.24) is 0 Å². The first-order valence-electron chi connectivity index (χ1n) is 12.3. The van der Waals surface area contributed by atoms with Gasteiger partial charge < -0.3 is 25.1 Å². The molecule has 204 valence electrons. The zero-order valence-electron chi connectivity index (χ0n) is 22.4. The fourth-order valence-electron chi connectivity index (χ4n) is 3.87. The topological polar surface area (TPSA) is 142 Å². The number of nitrogens with two attached hydrogens (primary N) is 1. The van der Waals surface area contributed by atoms with Gasteiger partial charge in [-0.05, 0) is 37.3 Å². The molecule has 1 aliphatic rings. The summed E-state index contributed by atoms with van der Waals surface area (Å²) in [7, 11) is 0. The first kappa shape index (κ1) is 29.1. The quantitative estimate of drug-likeness (QED) is 0.160. The van der Waals surface area contributed by atoms with Gasteiger partial charge in [0, 0.05) is 40.0 Å². The SMILES string of the molecule is C=C(C=O)/C(=C\C(=C/C)C(N)=O)C1(O)c2ccc(OC(=O)C(C)C)cc2Oc2cc(OC(=O)C(C)C)ccc21. The number of rotatable bonds is 9. The fraction of sp³-hybridized carbons (Fsp3) is 0.267. The Morgan fingerprint density at radius 2 is 1.41 bits per heavy atom. The van der Waals surface area contributed by atoms with Gasteiger partial charge >= 0.3 is 11.9 Å². The lowest BCUT2D eigenvalue weighted by Gasteiger charge is -2.38. The van der Waals surface area contributed by atoms with Gasteiger partial charge in [-0.25, -0.2) is 0 Å². The first-order valence-corrected chi connectivity index (χ1v) is 12.3. The van der Waals surface area contributed by atoms with Crippen LogP contribution in [0.4, 0.5) is 0 Å². The number of aldehydes is 1. The summed E-state index contributed by atoms with van der Waals surface area (Å²) in [5.41, 5.74) is 3.66. The number of carbonyl (C=O) groups is 4. The van der Waals surface area contributed by atoms with Gasteiger partial charge in [0.1, 0.15) is 34.9 Å². The summed E-state index contributed by atoms with van der Waals surface area (Å²) >= 11 is 0. The largest absolute Gasteiger partial charge is 0.456 e. The van der Waals surface area contributed by atoms with Crippen molar-refractivity contribution in [1.29, 1.82) is 0 Å². The summed E-state index contributed by atoms with van der Waals surface area (Å²) in [5.74, 6) is -2.01. The number of primary amides is 1. The molecule has 9 nitrogen and oxygen atoms in total. The summed E-state index contributed by atoms with van der Waals surface area (Å²) in [6.45, 7) is 12.1. The minimum absolute atomic E-state index is 0.0287. The molecule has 2 aromatic rings. The maximum absolute atomic E-state index is 12.4. The first-order chi connectivity index (χ1) is 18.3. The molecule has 0 radical (unpaired) electrons. The second-order valence-corrected chi connectivity index (χ2v) is 9.59. The van der Waals surface area contributed by atoms with E-state index in [0.29, 0.717) is 6.29 Å². The lowest BCUT2D eigenvalue weighted by atomic mass is 9.74. The van der Waals surface area contributed by atoms with Crippen molar-refractivity contribution >= 4 is 24.1 Å². The molecule has 0 unspecified atom stereocenters. The smallest absolute Gasteiger partial charge is 0.313 e. The van der Waals surface area contributed by atoms with Crippen LogP contribution in [0.15, 0.2) is 71.8 Å². The Hall–Kier alpha value is -4.50. The van der Waals surface area contributed by atoms with Crippen LogP contribution in [0.25, 0.3) is 0 Å². The normalized spacial score (nSPS) is 14.2. The van der Waals surface area contributed by atoms with Crippen molar-refractivity contribution < 1.29 is 38.5 Å². The average molecular weight is 534 g/mol. The highest BCUT2D eigenvalue weighted by atomic mass is 16.5. The molecule has 0 saturated heterocycles. The number of hydrogen-bond donors (Lipinski definition) is 2. The van der Waals surface area contributed by atoms with Gasteiger partial charge in [0.05, 0.1) is 11.8 Å². The molecule has 0 atom stereocenters. The number of amides is 1. The highest BCUT2D eigenvalue weighted by molar-refractivity contribution is 5.96. The van der Waals surface area contributed by atoms with Crippen LogP contribution in [0.3, 0.4) is 0 Å². The number of aliphatic hydroxyl groups is 1. The number of allylic oxidation sites excluding steroid dienone is 1. The zero-order valence-corrected chi connectivity index (χ0v) is 22.4. The number of esters is 2. The van der Waals surface area contributed by atoms with E-state index in [0.717, 1.165) is 0 Å². The molecule has 0 spiro atoms. The molecule has 1 aliphatic heterocycles. The van der Waals surface area contributed by atoms with Crippen molar-refractivity contribution in [2.24, 2.45) is 17.6 Å².